The van der Waals surface area contributed by atoms with Gasteiger partial charge in [-0.05, 0) is 27.2 Å². The third-order valence-corrected chi connectivity index (χ3v) is 5.98. The number of carbonyl (C=O) groups excluding carboxylic acids is 1. The first-order valence-corrected chi connectivity index (χ1v) is 11.6. The molecule has 4 rings (SSSR count). The maximum atomic E-state index is 13.1. The van der Waals surface area contributed by atoms with Crippen molar-refractivity contribution in [2.75, 3.05) is 25.0 Å². The fourth-order valence-corrected chi connectivity index (χ4v) is 4.19. The van der Waals surface area contributed by atoms with Crippen LogP contribution in [-0.4, -0.2) is 72.1 Å². The van der Waals surface area contributed by atoms with E-state index in [0.717, 1.165) is 23.5 Å². The topological polar surface area (TPSA) is 111 Å². The molecule has 1 N–H and O–H groups in total. The normalized spacial score (nSPS) is 19.6. The summed E-state index contributed by atoms with van der Waals surface area (Å²) in [6.45, 7) is 12.4. The average Bonchev–Trinajstić information content (AvgIpc) is 3.21. The van der Waals surface area contributed by atoms with E-state index in [1.165, 1.54) is 6.33 Å². The minimum absolute atomic E-state index is 0.0523. The van der Waals surface area contributed by atoms with Crippen LogP contribution in [-0.2, 0) is 16.1 Å². The predicted molar refractivity (Wildman–Crippen MR) is 126 cm³/mol. The number of amides is 1. The molecule has 33 heavy (non-hydrogen) atoms. The first-order valence-electron chi connectivity index (χ1n) is 11.6. The van der Waals surface area contributed by atoms with Crippen LogP contribution in [0.4, 0.5) is 5.82 Å². The van der Waals surface area contributed by atoms with Gasteiger partial charge in [-0.2, -0.15) is 0 Å². The second-order valence-corrected chi connectivity index (χ2v) is 8.60. The van der Waals surface area contributed by atoms with E-state index in [1.54, 1.807) is 12.4 Å². The van der Waals surface area contributed by atoms with Gasteiger partial charge >= 0.3 is 0 Å². The Bertz CT molecular complexity index is 1110. The van der Waals surface area contributed by atoms with Crippen LogP contribution >= 0.6 is 0 Å². The summed E-state index contributed by atoms with van der Waals surface area (Å²) in [6.07, 6.45) is 6.11. The van der Waals surface area contributed by atoms with Crippen molar-refractivity contribution in [2.24, 2.45) is 5.92 Å². The SMILES string of the molecule is CC[C@H]1CN(C(=O)[C@H](C)CNc2ncnc3c2nc(-c2cnc(C)nc2)n3CC)C[C@@H](C)O1. The van der Waals surface area contributed by atoms with E-state index in [-0.39, 0.29) is 24.0 Å². The maximum Gasteiger partial charge on any atom is 0.227 e. The minimum atomic E-state index is -0.212. The van der Waals surface area contributed by atoms with Crippen LogP contribution in [0.25, 0.3) is 22.6 Å². The fourth-order valence-electron chi connectivity index (χ4n) is 4.19. The van der Waals surface area contributed by atoms with Crippen molar-refractivity contribution in [2.45, 2.75) is 59.8 Å². The van der Waals surface area contributed by atoms with Crippen LogP contribution in [0.1, 0.15) is 39.9 Å². The van der Waals surface area contributed by atoms with Gasteiger partial charge in [0.15, 0.2) is 17.0 Å². The quantitative estimate of drug-likeness (QED) is 0.582. The Morgan fingerprint density at radius 3 is 2.67 bits per heavy atom. The molecule has 176 valence electrons. The maximum absolute atomic E-state index is 13.1. The van der Waals surface area contributed by atoms with E-state index in [0.29, 0.717) is 43.3 Å². The number of fused-ring (bicyclic) bond motifs is 1. The monoisotopic (exact) mass is 452 g/mol. The van der Waals surface area contributed by atoms with Crippen LogP contribution in [0.3, 0.4) is 0 Å². The summed E-state index contributed by atoms with van der Waals surface area (Å²) in [5, 5.41) is 3.33. The van der Waals surface area contributed by atoms with Gasteiger partial charge in [0.05, 0.1) is 23.7 Å². The van der Waals surface area contributed by atoms with E-state index in [2.05, 4.69) is 32.2 Å². The number of imidazole rings is 1. The van der Waals surface area contributed by atoms with Gasteiger partial charge in [-0.3, -0.25) is 4.79 Å². The van der Waals surface area contributed by atoms with Crippen molar-refractivity contribution in [3.63, 3.8) is 0 Å². The Morgan fingerprint density at radius 2 is 1.97 bits per heavy atom. The molecule has 1 fully saturated rings. The second kappa shape index (κ2) is 9.78. The van der Waals surface area contributed by atoms with E-state index >= 15 is 0 Å². The van der Waals surface area contributed by atoms with Crippen molar-refractivity contribution in [1.82, 2.24) is 34.4 Å². The third-order valence-electron chi connectivity index (χ3n) is 5.98. The molecule has 10 heteroatoms. The zero-order chi connectivity index (χ0) is 23.5. The molecule has 0 aromatic carbocycles. The third kappa shape index (κ3) is 4.80. The zero-order valence-electron chi connectivity index (χ0n) is 19.9. The molecule has 1 amide bonds. The number of rotatable bonds is 7. The van der Waals surface area contributed by atoms with Gasteiger partial charge in [-0.15, -0.1) is 0 Å². The van der Waals surface area contributed by atoms with Crippen molar-refractivity contribution in [3.05, 3.63) is 24.5 Å². The Kier molecular flexibility index (Phi) is 6.83. The molecule has 10 nitrogen and oxygen atoms in total. The number of carbonyl (C=O) groups is 1. The van der Waals surface area contributed by atoms with E-state index in [1.807, 2.05) is 37.2 Å². The molecular weight excluding hydrogens is 420 g/mol. The van der Waals surface area contributed by atoms with Crippen LogP contribution in [0.5, 0.6) is 0 Å². The molecule has 1 aliphatic rings. The molecule has 0 bridgehead atoms. The molecule has 3 aromatic rings. The Labute approximate surface area is 193 Å². The lowest BCUT2D eigenvalue weighted by Gasteiger charge is -2.37. The molecule has 3 aromatic heterocycles. The molecule has 0 unspecified atom stereocenters. The first kappa shape index (κ1) is 23.0. The molecule has 0 radical (unpaired) electrons. The highest BCUT2D eigenvalue weighted by molar-refractivity contribution is 5.86. The van der Waals surface area contributed by atoms with E-state index in [4.69, 9.17) is 9.72 Å². The molecule has 0 saturated carbocycles. The predicted octanol–water partition coefficient (Wildman–Crippen LogP) is 2.69. The van der Waals surface area contributed by atoms with Gasteiger partial charge in [-0.25, -0.2) is 24.9 Å². The lowest BCUT2D eigenvalue weighted by Crippen LogP contribution is -2.51. The summed E-state index contributed by atoms with van der Waals surface area (Å²) in [5.41, 5.74) is 2.22. The van der Waals surface area contributed by atoms with Gasteiger partial charge < -0.3 is 19.5 Å². The van der Waals surface area contributed by atoms with Crippen molar-refractivity contribution < 1.29 is 9.53 Å². The number of aromatic nitrogens is 6. The highest BCUT2D eigenvalue weighted by atomic mass is 16.5. The summed E-state index contributed by atoms with van der Waals surface area (Å²) in [4.78, 5) is 37.3. The standard InChI is InChI=1S/C23H32N8O2/c1-6-18-12-30(11-15(4)33-18)23(32)14(3)8-26-20-19-22(28-13-27-20)31(7-2)21(29-19)17-9-24-16(5)25-10-17/h9-10,13-15,18H,6-8,11-12H2,1-5H3,(H,26,27,28)/t14-,15-,18+/m1/s1. The van der Waals surface area contributed by atoms with Gasteiger partial charge in [-0.1, -0.05) is 13.8 Å². The van der Waals surface area contributed by atoms with Crippen molar-refractivity contribution in [1.29, 1.82) is 0 Å². The first-order chi connectivity index (χ1) is 15.9. The van der Waals surface area contributed by atoms with Crippen LogP contribution in [0.15, 0.2) is 18.7 Å². The van der Waals surface area contributed by atoms with Crippen LogP contribution < -0.4 is 5.32 Å². The average molecular weight is 453 g/mol. The molecule has 3 atom stereocenters. The Hall–Kier alpha value is -3.14. The Balaban J connectivity index is 1.53. The molecular formula is C23H32N8O2. The number of ether oxygens (including phenoxy) is 1. The summed E-state index contributed by atoms with van der Waals surface area (Å²) >= 11 is 0. The second-order valence-electron chi connectivity index (χ2n) is 8.60. The van der Waals surface area contributed by atoms with E-state index in [9.17, 15) is 4.79 Å². The molecule has 1 aliphatic heterocycles. The van der Waals surface area contributed by atoms with Gasteiger partial charge in [0, 0.05) is 38.6 Å². The van der Waals surface area contributed by atoms with Crippen LogP contribution in [0, 0.1) is 12.8 Å². The highest BCUT2D eigenvalue weighted by Gasteiger charge is 2.30. The largest absolute Gasteiger partial charge is 0.372 e. The summed E-state index contributed by atoms with van der Waals surface area (Å²) in [5.74, 6) is 1.98. The minimum Gasteiger partial charge on any atom is -0.372 e. The zero-order valence-corrected chi connectivity index (χ0v) is 19.9. The highest BCUT2D eigenvalue weighted by Crippen LogP contribution is 2.26. The Morgan fingerprint density at radius 1 is 1.21 bits per heavy atom. The molecule has 0 aliphatic carbocycles. The van der Waals surface area contributed by atoms with Crippen molar-refractivity contribution in [3.8, 4) is 11.4 Å². The number of aryl methyl sites for hydroxylation is 2. The fraction of sp³-hybridized carbons (Fsp3) is 0.565. The lowest BCUT2D eigenvalue weighted by molar-refractivity contribution is -0.147. The summed E-state index contributed by atoms with van der Waals surface area (Å²) in [7, 11) is 0. The number of nitrogens with zero attached hydrogens (tertiary/aromatic N) is 7. The molecule has 0 spiro atoms. The number of nitrogens with one attached hydrogen (secondary N) is 1. The lowest BCUT2D eigenvalue weighted by atomic mass is 10.1. The van der Waals surface area contributed by atoms with Crippen molar-refractivity contribution >= 4 is 22.9 Å². The van der Waals surface area contributed by atoms with Gasteiger partial charge in [0.1, 0.15) is 18.0 Å². The molecule has 1 saturated heterocycles. The smallest absolute Gasteiger partial charge is 0.227 e. The molecule has 4 heterocycles. The number of hydrogen-bond donors (Lipinski definition) is 1. The summed E-state index contributed by atoms with van der Waals surface area (Å²) in [6, 6.07) is 0. The van der Waals surface area contributed by atoms with E-state index < -0.39 is 0 Å². The summed E-state index contributed by atoms with van der Waals surface area (Å²) < 4.78 is 7.91. The number of morpholine rings is 1. The van der Waals surface area contributed by atoms with Gasteiger partial charge in [0.2, 0.25) is 5.91 Å². The van der Waals surface area contributed by atoms with Crippen LogP contribution in [0.2, 0.25) is 0 Å². The van der Waals surface area contributed by atoms with Gasteiger partial charge in [0.25, 0.3) is 0 Å². The number of anilines is 1. The number of hydrogen-bond acceptors (Lipinski definition) is 8.